The summed E-state index contributed by atoms with van der Waals surface area (Å²) in [5, 5.41) is 14.5. The molecule has 1 aromatic rings. The lowest BCUT2D eigenvalue weighted by Crippen LogP contribution is -2.37. The van der Waals surface area contributed by atoms with Crippen LogP contribution in [0.3, 0.4) is 0 Å². The molecule has 1 fully saturated rings. The van der Waals surface area contributed by atoms with E-state index in [2.05, 4.69) is 19.2 Å². The Morgan fingerprint density at radius 3 is 2.79 bits per heavy atom. The van der Waals surface area contributed by atoms with Gasteiger partial charge in [0.1, 0.15) is 0 Å². The Labute approximate surface area is 114 Å². The van der Waals surface area contributed by atoms with Crippen LogP contribution in [-0.2, 0) is 6.54 Å². The molecule has 0 radical (unpaired) electrons. The smallest absolute Gasteiger partial charge is 0.272 e. The molecular formula is C15H22N2O2. The van der Waals surface area contributed by atoms with Crippen molar-refractivity contribution in [1.29, 1.82) is 0 Å². The van der Waals surface area contributed by atoms with Crippen LogP contribution in [0.1, 0.15) is 44.2 Å². The van der Waals surface area contributed by atoms with Crippen LogP contribution in [0.15, 0.2) is 18.2 Å². The number of rotatable bonds is 4. The summed E-state index contributed by atoms with van der Waals surface area (Å²) in [6.07, 6.45) is 3.71. The largest absolute Gasteiger partial charge is 0.309 e. The number of nitro groups is 1. The molecule has 0 heterocycles. The molecule has 0 bridgehead atoms. The van der Waals surface area contributed by atoms with Crippen molar-refractivity contribution < 1.29 is 4.92 Å². The van der Waals surface area contributed by atoms with Crippen molar-refractivity contribution in [3.05, 3.63) is 39.4 Å². The molecular weight excluding hydrogens is 240 g/mol. The van der Waals surface area contributed by atoms with E-state index in [0.29, 0.717) is 18.0 Å². The summed E-state index contributed by atoms with van der Waals surface area (Å²) < 4.78 is 0. The summed E-state index contributed by atoms with van der Waals surface area (Å²) in [5.74, 6) is 0. The summed E-state index contributed by atoms with van der Waals surface area (Å²) >= 11 is 0. The Kier molecular flexibility index (Phi) is 3.90. The first-order chi connectivity index (χ1) is 8.90. The summed E-state index contributed by atoms with van der Waals surface area (Å²) in [6.45, 7) is 7.05. The molecule has 1 N–H and O–H groups in total. The van der Waals surface area contributed by atoms with Crippen molar-refractivity contribution in [3.8, 4) is 0 Å². The molecule has 2 rings (SSSR count). The molecule has 1 aromatic carbocycles. The first-order valence-electron chi connectivity index (χ1n) is 6.87. The Morgan fingerprint density at radius 1 is 1.47 bits per heavy atom. The Balaban J connectivity index is 2.04. The zero-order valence-corrected chi connectivity index (χ0v) is 11.9. The van der Waals surface area contributed by atoms with Crippen LogP contribution in [0.2, 0.25) is 0 Å². The third-order valence-corrected chi connectivity index (χ3v) is 4.28. The van der Waals surface area contributed by atoms with Crippen molar-refractivity contribution >= 4 is 5.69 Å². The summed E-state index contributed by atoms with van der Waals surface area (Å²) in [5.41, 5.74) is 2.25. The molecule has 0 amide bonds. The normalized spacial score (nSPS) is 21.5. The van der Waals surface area contributed by atoms with Crippen LogP contribution in [0.5, 0.6) is 0 Å². The fraction of sp³-hybridized carbons (Fsp3) is 0.600. The monoisotopic (exact) mass is 262 g/mol. The van der Waals surface area contributed by atoms with Gasteiger partial charge in [0.25, 0.3) is 5.69 Å². The maximum absolute atomic E-state index is 10.9. The molecule has 1 atom stereocenters. The second kappa shape index (κ2) is 5.29. The quantitative estimate of drug-likeness (QED) is 0.666. The van der Waals surface area contributed by atoms with Gasteiger partial charge in [0.2, 0.25) is 0 Å². The van der Waals surface area contributed by atoms with E-state index in [4.69, 9.17) is 0 Å². The fourth-order valence-corrected chi connectivity index (χ4v) is 2.91. The molecule has 1 aliphatic carbocycles. The molecule has 4 nitrogen and oxygen atoms in total. The van der Waals surface area contributed by atoms with Gasteiger partial charge in [0.15, 0.2) is 0 Å². The van der Waals surface area contributed by atoms with Gasteiger partial charge in [-0.25, -0.2) is 0 Å². The Bertz CT molecular complexity index is 483. The number of aryl methyl sites for hydroxylation is 1. The lowest BCUT2D eigenvalue weighted by Gasteiger charge is -2.28. The number of nitro benzene ring substituents is 1. The van der Waals surface area contributed by atoms with Gasteiger partial charge in [0, 0.05) is 24.2 Å². The third-order valence-electron chi connectivity index (χ3n) is 4.28. The van der Waals surface area contributed by atoms with Crippen molar-refractivity contribution in [1.82, 2.24) is 5.32 Å². The third kappa shape index (κ3) is 3.13. The van der Waals surface area contributed by atoms with Gasteiger partial charge in [-0.2, -0.15) is 0 Å². The van der Waals surface area contributed by atoms with E-state index >= 15 is 0 Å². The lowest BCUT2D eigenvalue weighted by atomic mass is 9.87. The van der Waals surface area contributed by atoms with Gasteiger partial charge < -0.3 is 5.32 Å². The van der Waals surface area contributed by atoms with Crippen molar-refractivity contribution in [2.24, 2.45) is 5.41 Å². The fourth-order valence-electron chi connectivity index (χ4n) is 2.91. The van der Waals surface area contributed by atoms with Gasteiger partial charge in [-0.15, -0.1) is 0 Å². The first kappa shape index (κ1) is 14.0. The minimum Gasteiger partial charge on any atom is -0.309 e. The number of nitrogens with one attached hydrogen (secondary N) is 1. The molecule has 0 spiro atoms. The average Bonchev–Trinajstić information content (AvgIpc) is 2.67. The van der Waals surface area contributed by atoms with Gasteiger partial charge in [-0.05, 0) is 30.7 Å². The molecule has 1 saturated carbocycles. The second-order valence-electron chi connectivity index (χ2n) is 6.19. The molecule has 4 heteroatoms. The van der Waals surface area contributed by atoms with Gasteiger partial charge in [-0.3, -0.25) is 10.1 Å². The molecule has 0 aliphatic heterocycles. The van der Waals surface area contributed by atoms with Crippen LogP contribution in [0.25, 0.3) is 0 Å². The highest BCUT2D eigenvalue weighted by Crippen LogP contribution is 2.37. The highest BCUT2D eigenvalue weighted by atomic mass is 16.6. The first-order valence-corrected chi connectivity index (χ1v) is 6.87. The highest BCUT2D eigenvalue weighted by molar-refractivity contribution is 5.42. The second-order valence-corrected chi connectivity index (χ2v) is 6.19. The number of hydrogen-bond acceptors (Lipinski definition) is 3. The zero-order valence-electron chi connectivity index (χ0n) is 11.9. The summed E-state index contributed by atoms with van der Waals surface area (Å²) in [4.78, 5) is 10.6. The lowest BCUT2D eigenvalue weighted by molar-refractivity contribution is -0.385. The van der Waals surface area contributed by atoms with Crippen molar-refractivity contribution in [3.63, 3.8) is 0 Å². The predicted octanol–water partition coefficient (Wildman–Crippen LogP) is 3.57. The number of hydrogen-bond donors (Lipinski definition) is 1. The van der Waals surface area contributed by atoms with E-state index in [0.717, 1.165) is 11.1 Å². The number of nitrogens with zero attached hydrogens (tertiary/aromatic N) is 1. The highest BCUT2D eigenvalue weighted by Gasteiger charge is 2.33. The minimum absolute atomic E-state index is 0.213. The van der Waals surface area contributed by atoms with E-state index < -0.39 is 0 Å². The van der Waals surface area contributed by atoms with Gasteiger partial charge >= 0.3 is 0 Å². The standard InChI is InChI=1S/C15H22N2O2/c1-11-6-7-12(9-13(11)17(18)19)10-16-14-5-4-8-15(14,2)3/h6-7,9,14,16H,4-5,8,10H2,1-3H3. The SMILES string of the molecule is Cc1ccc(CNC2CCCC2(C)C)cc1[N+](=O)[O-]. The molecule has 1 aliphatic rings. The van der Waals surface area contributed by atoms with E-state index in [1.165, 1.54) is 19.3 Å². The van der Waals surface area contributed by atoms with E-state index in [1.54, 1.807) is 13.0 Å². The molecule has 0 aromatic heterocycles. The van der Waals surface area contributed by atoms with Crippen LogP contribution in [-0.4, -0.2) is 11.0 Å². The van der Waals surface area contributed by atoms with Gasteiger partial charge in [-0.1, -0.05) is 32.4 Å². The van der Waals surface area contributed by atoms with Crippen LogP contribution < -0.4 is 5.32 Å². The molecule has 1 unspecified atom stereocenters. The van der Waals surface area contributed by atoms with Gasteiger partial charge in [0.05, 0.1) is 4.92 Å². The van der Waals surface area contributed by atoms with Crippen LogP contribution in [0.4, 0.5) is 5.69 Å². The number of benzene rings is 1. The summed E-state index contributed by atoms with van der Waals surface area (Å²) in [6, 6.07) is 5.99. The van der Waals surface area contributed by atoms with E-state index in [9.17, 15) is 10.1 Å². The predicted molar refractivity (Wildman–Crippen MR) is 76.1 cm³/mol. The minimum atomic E-state index is -0.307. The topological polar surface area (TPSA) is 55.2 Å². The Hall–Kier alpha value is -1.42. The average molecular weight is 262 g/mol. The van der Waals surface area contributed by atoms with Crippen molar-refractivity contribution in [2.45, 2.75) is 52.6 Å². The zero-order chi connectivity index (χ0) is 14.0. The molecule has 19 heavy (non-hydrogen) atoms. The van der Waals surface area contributed by atoms with Crippen molar-refractivity contribution in [2.75, 3.05) is 0 Å². The Morgan fingerprint density at radius 2 is 2.21 bits per heavy atom. The van der Waals surface area contributed by atoms with E-state index in [-0.39, 0.29) is 10.6 Å². The molecule has 0 saturated heterocycles. The molecule has 104 valence electrons. The maximum atomic E-state index is 10.9. The van der Waals surface area contributed by atoms with Crippen LogP contribution in [0, 0.1) is 22.5 Å². The van der Waals surface area contributed by atoms with Crippen LogP contribution >= 0.6 is 0 Å². The summed E-state index contributed by atoms with van der Waals surface area (Å²) in [7, 11) is 0. The maximum Gasteiger partial charge on any atom is 0.272 e. The van der Waals surface area contributed by atoms with E-state index in [1.807, 2.05) is 12.1 Å².